The maximum Gasteiger partial charge on any atom is 0.148 e. The number of aromatic nitrogens is 3. The monoisotopic (exact) mass is 245 g/mol. The molecule has 0 radical (unpaired) electrons. The van der Waals surface area contributed by atoms with E-state index in [4.69, 9.17) is 5.73 Å². The van der Waals surface area contributed by atoms with Gasteiger partial charge in [0.05, 0.1) is 11.4 Å². The minimum atomic E-state index is 0.720. The van der Waals surface area contributed by atoms with Crippen molar-refractivity contribution in [1.29, 1.82) is 0 Å². The Morgan fingerprint density at radius 1 is 1.33 bits per heavy atom. The molecule has 0 aliphatic heterocycles. The van der Waals surface area contributed by atoms with Gasteiger partial charge in [-0.1, -0.05) is 13.3 Å². The minimum absolute atomic E-state index is 0.720. The Hall–Kier alpha value is -2.04. The standard InChI is InChI=1S/C13H19N5/c1-3-4-11-12(14)13(18(2)17-11)16-9-10-5-7-15-8-6-10/h5-8,16H,3-4,9,14H2,1-2H3. The van der Waals surface area contributed by atoms with Gasteiger partial charge in [-0.05, 0) is 24.1 Å². The van der Waals surface area contributed by atoms with Crippen LogP contribution in [0.25, 0.3) is 0 Å². The Labute approximate surface area is 107 Å². The molecule has 18 heavy (non-hydrogen) atoms. The highest BCUT2D eigenvalue weighted by molar-refractivity contribution is 5.65. The van der Waals surface area contributed by atoms with Gasteiger partial charge in [0.1, 0.15) is 5.82 Å². The molecule has 0 aliphatic carbocycles. The number of nitrogens with two attached hydrogens (primary N) is 1. The second-order valence-electron chi connectivity index (χ2n) is 4.29. The van der Waals surface area contributed by atoms with Gasteiger partial charge in [-0.2, -0.15) is 5.10 Å². The Morgan fingerprint density at radius 2 is 2.06 bits per heavy atom. The lowest BCUT2D eigenvalue weighted by molar-refractivity contribution is 0.735. The molecule has 0 amide bonds. The summed E-state index contributed by atoms with van der Waals surface area (Å²) >= 11 is 0. The lowest BCUT2D eigenvalue weighted by Crippen LogP contribution is -2.06. The van der Waals surface area contributed by atoms with Gasteiger partial charge in [-0.25, -0.2) is 0 Å². The van der Waals surface area contributed by atoms with E-state index in [2.05, 4.69) is 22.3 Å². The van der Waals surface area contributed by atoms with Crippen molar-refractivity contribution >= 4 is 11.5 Å². The van der Waals surface area contributed by atoms with Crippen LogP contribution in [0.3, 0.4) is 0 Å². The summed E-state index contributed by atoms with van der Waals surface area (Å²) in [7, 11) is 1.91. The number of hydrogen-bond acceptors (Lipinski definition) is 4. The number of anilines is 2. The van der Waals surface area contributed by atoms with Gasteiger partial charge in [0.25, 0.3) is 0 Å². The van der Waals surface area contributed by atoms with Crippen molar-refractivity contribution in [3.8, 4) is 0 Å². The molecule has 0 unspecified atom stereocenters. The van der Waals surface area contributed by atoms with E-state index in [1.807, 2.05) is 23.9 Å². The first kappa shape index (κ1) is 12.4. The van der Waals surface area contributed by atoms with Crippen LogP contribution in [0.5, 0.6) is 0 Å². The highest BCUT2D eigenvalue weighted by Crippen LogP contribution is 2.23. The van der Waals surface area contributed by atoms with Crippen LogP contribution in [0, 0.1) is 0 Å². The molecular weight excluding hydrogens is 226 g/mol. The summed E-state index contributed by atoms with van der Waals surface area (Å²) in [5.74, 6) is 0.885. The summed E-state index contributed by atoms with van der Waals surface area (Å²) in [5.41, 5.74) is 8.99. The molecule has 0 atom stereocenters. The fourth-order valence-electron chi connectivity index (χ4n) is 1.91. The van der Waals surface area contributed by atoms with Crippen molar-refractivity contribution in [3.05, 3.63) is 35.8 Å². The molecule has 2 heterocycles. The van der Waals surface area contributed by atoms with Crippen LogP contribution in [0.15, 0.2) is 24.5 Å². The van der Waals surface area contributed by atoms with E-state index >= 15 is 0 Å². The molecule has 2 aromatic rings. The molecule has 96 valence electrons. The number of pyridine rings is 1. The van der Waals surface area contributed by atoms with E-state index < -0.39 is 0 Å². The van der Waals surface area contributed by atoms with Crippen molar-refractivity contribution in [1.82, 2.24) is 14.8 Å². The normalized spacial score (nSPS) is 10.6. The smallest absolute Gasteiger partial charge is 0.148 e. The van der Waals surface area contributed by atoms with E-state index in [1.165, 1.54) is 5.56 Å². The zero-order valence-corrected chi connectivity index (χ0v) is 10.8. The molecule has 2 aromatic heterocycles. The quantitative estimate of drug-likeness (QED) is 0.845. The second kappa shape index (κ2) is 5.53. The van der Waals surface area contributed by atoms with E-state index in [1.54, 1.807) is 12.4 Å². The maximum absolute atomic E-state index is 6.10. The van der Waals surface area contributed by atoms with Crippen molar-refractivity contribution in [2.24, 2.45) is 7.05 Å². The van der Waals surface area contributed by atoms with Gasteiger partial charge in [0.2, 0.25) is 0 Å². The molecule has 3 N–H and O–H groups in total. The predicted octanol–water partition coefficient (Wildman–Crippen LogP) is 1.96. The summed E-state index contributed by atoms with van der Waals surface area (Å²) < 4.78 is 1.81. The van der Waals surface area contributed by atoms with Crippen molar-refractivity contribution < 1.29 is 0 Å². The van der Waals surface area contributed by atoms with Gasteiger partial charge in [-0.3, -0.25) is 9.67 Å². The molecule has 5 heteroatoms. The van der Waals surface area contributed by atoms with Crippen LogP contribution in [0.4, 0.5) is 11.5 Å². The summed E-state index contributed by atoms with van der Waals surface area (Å²) in [6.07, 6.45) is 5.53. The summed E-state index contributed by atoms with van der Waals surface area (Å²) in [6, 6.07) is 3.96. The van der Waals surface area contributed by atoms with Crippen LogP contribution >= 0.6 is 0 Å². The Balaban J connectivity index is 2.10. The third-order valence-electron chi connectivity index (χ3n) is 2.86. The number of nitrogens with zero attached hydrogens (tertiary/aromatic N) is 3. The van der Waals surface area contributed by atoms with Crippen LogP contribution in [-0.4, -0.2) is 14.8 Å². The molecule has 0 spiro atoms. The van der Waals surface area contributed by atoms with E-state index in [0.29, 0.717) is 0 Å². The molecule has 0 saturated carbocycles. The average molecular weight is 245 g/mol. The average Bonchev–Trinajstić information content (AvgIpc) is 2.64. The number of nitrogens with one attached hydrogen (secondary N) is 1. The number of nitrogen functional groups attached to an aromatic ring is 1. The topological polar surface area (TPSA) is 68.8 Å². The highest BCUT2D eigenvalue weighted by atomic mass is 15.3. The first-order valence-corrected chi connectivity index (χ1v) is 6.16. The Morgan fingerprint density at radius 3 is 2.72 bits per heavy atom. The summed E-state index contributed by atoms with van der Waals surface area (Å²) in [6.45, 7) is 2.84. The SMILES string of the molecule is CCCc1nn(C)c(NCc2ccncc2)c1N. The van der Waals surface area contributed by atoms with Crippen LogP contribution < -0.4 is 11.1 Å². The second-order valence-corrected chi connectivity index (χ2v) is 4.29. The lowest BCUT2D eigenvalue weighted by atomic mass is 10.2. The van der Waals surface area contributed by atoms with Crippen molar-refractivity contribution in [2.45, 2.75) is 26.3 Å². The minimum Gasteiger partial charge on any atom is -0.394 e. The van der Waals surface area contributed by atoms with Crippen LogP contribution in [0.1, 0.15) is 24.6 Å². The molecule has 0 bridgehead atoms. The first-order chi connectivity index (χ1) is 8.72. The fourth-order valence-corrected chi connectivity index (χ4v) is 1.91. The van der Waals surface area contributed by atoms with Gasteiger partial charge < -0.3 is 11.1 Å². The van der Waals surface area contributed by atoms with E-state index in [-0.39, 0.29) is 0 Å². The van der Waals surface area contributed by atoms with Gasteiger partial charge in [-0.15, -0.1) is 0 Å². The Kier molecular flexibility index (Phi) is 3.82. The first-order valence-electron chi connectivity index (χ1n) is 6.16. The van der Waals surface area contributed by atoms with E-state index in [0.717, 1.165) is 36.6 Å². The lowest BCUT2D eigenvalue weighted by Gasteiger charge is -2.07. The molecular formula is C13H19N5. The number of rotatable bonds is 5. The summed E-state index contributed by atoms with van der Waals surface area (Å²) in [4.78, 5) is 3.99. The zero-order valence-electron chi connectivity index (χ0n) is 10.8. The molecule has 0 fully saturated rings. The molecule has 5 nitrogen and oxygen atoms in total. The van der Waals surface area contributed by atoms with E-state index in [9.17, 15) is 0 Å². The molecule has 0 saturated heterocycles. The largest absolute Gasteiger partial charge is 0.394 e. The van der Waals surface area contributed by atoms with Crippen molar-refractivity contribution in [3.63, 3.8) is 0 Å². The van der Waals surface area contributed by atoms with Gasteiger partial charge >= 0.3 is 0 Å². The van der Waals surface area contributed by atoms with Gasteiger partial charge in [0.15, 0.2) is 0 Å². The Bertz CT molecular complexity index is 504. The summed E-state index contributed by atoms with van der Waals surface area (Å²) in [5, 5.41) is 7.75. The van der Waals surface area contributed by atoms with Crippen molar-refractivity contribution in [2.75, 3.05) is 11.1 Å². The van der Waals surface area contributed by atoms with Crippen LogP contribution in [0.2, 0.25) is 0 Å². The maximum atomic E-state index is 6.10. The number of hydrogen-bond donors (Lipinski definition) is 2. The third-order valence-corrected chi connectivity index (χ3v) is 2.86. The highest BCUT2D eigenvalue weighted by Gasteiger charge is 2.11. The van der Waals surface area contributed by atoms with Crippen LogP contribution in [-0.2, 0) is 20.0 Å². The number of aryl methyl sites for hydroxylation is 2. The molecule has 2 rings (SSSR count). The molecule has 0 aliphatic rings. The fraction of sp³-hybridized carbons (Fsp3) is 0.385. The van der Waals surface area contributed by atoms with Gasteiger partial charge in [0, 0.05) is 26.0 Å². The predicted molar refractivity (Wildman–Crippen MR) is 73.2 cm³/mol. The molecule has 0 aromatic carbocycles. The zero-order chi connectivity index (χ0) is 13.0. The third kappa shape index (κ3) is 2.61.